The molecule has 11 aromatic rings. The lowest BCUT2D eigenvalue weighted by atomic mass is 9.94. The Labute approximate surface area is 323 Å². The zero-order chi connectivity index (χ0) is 37.0. The van der Waals surface area contributed by atoms with Gasteiger partial charge in [0.25, 0.3) is 0 Å². The fourth-order valence-electron chi connectivity index (χ4n) is 8.24. The monoisotopic (exact) mass is 715 g/mol. The molecule has 56 heavy (non-hydrogen) atoms. The number of furan rings is 1. The molecule has 0 unspecified atom stereocenters. The van der Waals surface area contributed by atoms with Gasteiger partial charge in [-0.25, -0.2) is 4.98 Å². The summed E-state index contributed by atoms with van der Waals surface area (Å²) in [7, 11) is 0. The topological polar surface area (TPSA) is 43.9 Å². The Morgan fingerprint density at radius 2 is 0.982 bits per heavy atom. The summed E-state index contributed by atoms with van der Waals surface area (Å²) in [5.74, 6) is 0.637. The van der Waals surface area contributed by atoms with Gasteiger partial charge in [0.2, 0.25) is 5.71 Å². The third-order valence-electron chi connectivity index (χ3n) is 10.8. The maximum absolute atomic E-state index is 6.33. The molecule has 0 saturated heterocycles. The minimum absolute atomic E-state index is 0.584. The fraction of sp³-hybridized carbons (Fsp3) is 0. The molecule has 0 radical (unpaired) electrons. The van der Waals surface area contributed by atoms with Crippen LogP contribution >= 0.6 is 0 Å². The molecule has 0 amide bonds. The van der Waals surface area contributed by atoms with Gasteiger partial charge in [0.1, 0.15) is 5.58 Å². The summed E-state index contributed by atoms with van der Waals surface area (Å²) in [4.78, 5) is 10.1. The Hall–Kier alpha value is -7.56. The molecule has 262 valence electrons. The van der Waals surface area contributed by atoms with Crippen molar-refractivity contribution in [2.45, 2.75) is 0 Å². The van der Waals surface area contributed by atoms with E-state index in [0.29, 0.717) is 11.5 Å². The van der Waals surface area contributed by atoms with Gasteiger partial charge in [-0.05, 0) is 81.9 Å². The molecule has 0 aliphatic heterocycles. The molecule has 0 spiro atoms. The summed E-state index contributed by atoms with van der Waals surface area (Å²) >= 11 is 0. The summed E-state index contributed by atoms with van der Waals surface area (Å²) in [5, 5.41) is 4.38. The molecule has 0 aliphatic rings. The van der Waals surface area contributed by atoms with Crippen LogP contribution in [0.1, 0.15) is 0 Å². The highest BCUT2D eigenvalue weighted by Gasteiger charge is 2.20. The zero-order valence-electron chi connectivity index (χ0n) is 30.3. The van der Waals surface area contributed by atoms with Crippen molar-refractivity contribution in [3.63, 3.8) is 0 Å². The van der Waals surface area contributed by atoms with Crippen LogP contribution in [0.2, 0.25) is 0 Å². The average molecular weight is 716 g/mol. The number of para-hydroxylation sites is 2. The van der Waals surface area contributed by atoms with E-state index >= 15 is 0 Å². The van der Waals surface area contributed by atoms with Crippen LogP contribution in [0.4, 0.5) is 0 Å². The van der Waals surface area contributed by atoms with Crippen molar-refractivity contribution < 1.29 is 4.42 Å². The number of nitrogens with zero attached hydrogens (tertiary/aromatic N) is 3. The van der Waals surface area contributed by atoms with Gasteiger partial charge in [-0.15, -0.1) is 0 Å². The first-order chi connectivity index (χ1) is 27.8. The molecule has 0 atom stereocenters. The van der Waals surface area contributed by atoms with E-state index in [2.05, 4.69) is 156 Å². The highest BCUT2D eigenvalue weighted by molar-refractivity contribution is 6.17. The first-order valence-corrected chi connectivity index (χ1v) is 18.9. The molecular formula is C52H33N3O. The molecule has 0 aliphatic carbocycles. The quantitative estimate of drug-likeness (QED) is 0.172. The summed E-state index contributed by atoms with van der Waals surface area (Å²) < 4.78 is 8.72. The van der Waals surface area contributed by atoms with Gasteiger partial charge in [0.05, 0.1) is 22.1 Å². The molecule has 0 fully saturated rings. The van der Waals surface area contributed by atoms with Crippen LogP contribution in [-0.4, -0.2) is 14.5 Å². The SMILES string of the molecule is c1ccc(-c2ccc3c(c2)c2c(-c4cccc(-c5cccc(-c6nc(-c7ccccc7)nc7oc8ccccc8c67)c5)c4)cccc2n3-c2ccccc2)cc1. The van der Waals surface area contributed by atoms with E-state index < -0.39 is 0 Å². The van der Waals surface area contributed by atoms with Crippen molar-refractivity contribution in [1.82, 2.24) is 14.5 Å². The van der Waals surface area contributed by atoms with E-state index in [9.17, 15) is 0 Å². The van der Waals surface area contributed by atoms with E-state index in [-0.39, 0.29) is 0 Å². The molecule has 4 heteroatoms. The number of fused-ring (bicyclic) bond motifs is 6. The zero-order valence-corrected chi connectivity index (χ0v) is 30.3. The normalized spacial score (nSPS) is 11.6. The van der Waals surface area contributed by atoms with Crippen LogP contribution in [0.15, 0.2) is 205 Å². The van der Waals surface area contributed by atoms with Crippen molar-refractivity contribution in [2.24, 2.45) is 0 Å². The largest absolute Gasteiger partial charge is 0.438 e. The number of hydrogen-bond acceptors (Lipinski definition) is 3. The predicted molar refractivity (Wildman–Crippen MR) is 231 cm³/mol. The first kappa shape index (κ1) is 31.9. The van der Waals surface area contributed by atoms with Gasteiger partial charge in [0.15, 0.2) is 5.82 Å². The summed E-state index contributed by atoms with van der Waals surface area (Å²) in [6, 6.07) is 70.6. The van der Waals surface area contributed by atoms with Gasteiger partial charge < -0.3 is 8.98 Å². The number of benzene rings is 8. The van der Waals surface area contributed by atoms with E-state index in [4.69, 9.17) is 14.4 Å². The Morgan fingerprint density at radius 3 is 1.77 bits per heavy atom. The molecule has 3 aromatic heterocycles. The maximum atomic E-state index is 6.33. The molecule has 4 nitrogen and oxygen atoms in total. The van der Waals surface area contributed by atoms with Crippen molar-refractivity contribution in [1.29, 1.82) is 0 Å². The minimum Gasteiger partial charge on any atom is -0.438 e. The number of hydrogen-bond donors (Lipinski definition) is 0. The minimum atomic E-state index is 0.584. The molecule has 0 bridgehead atoms. The lowest BCUT2D eigenvalue weighted by molar-refractivity contribution is 0.653. The highest BCUT2D eigenvalue weighted by Crippen LogP contribution is 2.42. The van der Waals surface area contributed by atoms with Gasteiger partial charge >= 0.3 is 0 Å². The smallest absolute Gasteiger partial charge is 0.231 e. The van der Waals surface area contributed by atoms with Gasteiger partial charge in [-0.1, -0.05) is 152 Å². The standard InChI is InChI=1S/C52H33N3O/c1-4-15-34(16-5-1)38-29-30-45-44(33-38)48-42(26-14-27-46(48)55(45)41-23-8-3-9-24-41)39-21-12-19-36(31-39)37-20-13-22-40(32-37)50-49-43-25-10-11-28-47(43)56-52(49)54-51(53-50)35-17-6-2-7-18-35/h1-33H. The fourth-order valence-corrected chi connectivity index (χ4v) is 8.24. The van der Waals surface area contributed by atoms with Gasteiger partial charge in [-0.3, -0.25) is 0 Å². The Morgan fingerprint density at radius 1 is 0.375 bits per heavy atom. The van der Waals surface area contributed by atoms with Crippen molar-refractivity contribution >= 4 is 43.9 Å². The number of aromatic nitrogens is 3. The van der Waals surface area contributed by atoms with Crippen molar-refractivity contribution in [3.8, 4) is 61.7 Å². The molecule has 8 aromatic carbocycles. The molecule has 3 heterocycles. The Balaban J connectivity index is 1.08. The average Bonchev–Trinajstić information content (AvgIpc) is 3.83. The van der Waals surface area contributed by atoms with Gasteiger partial charge in [-0.2, -0.15) is 4.98 Å². The van der Waals surface area contributed by atoms with Crippen LogP contribution in [0, 0.1) is 0 Å². The van der Waals surface area contributed by atoms with Crippen molar-refractivity contribution in [3.05, 3.63) is 200 Å². The third-order valence-corrected chi connectivity index (χ3v) is 10.8. The van der Waals surface area contributed by atoms with Crippen molar-refractivity contribution in [2.75, 3.05) is 0 Å². The molecular weight excluding hydrogens is 683 g/mol. The Bertz CT molecular complexity index is 3240. The lowest BCUT2D eigenvalue weighted by Crippen LogP contribution is -1.94. The second-order valence-electron chi connectivity index (χ2n) is 14.2. The lowest BCUT2D eigenvalue weighted by Gasteiger charge is -2.11. The van der Waals surface area contributed by atoms with Crippen LogP contribution < -0.4 is 0 Å². The van der Waals surface area contributed by atoms with Crippen LogP contribution in [0.25, 0.3) is 106 Å². The molecule has 0 saturated carbocycles. The maximum Gasteiger partial charge on any atom is 0.231 e. The van der Waals surface area contributed by atoms with E-state index in [1.807, 2.05) is 48.5 Å². The number of rotatable bonds is 6. The van der Waals surface area contributed by atoms with E-state index in [1.165, 1.54) is 38.5 Å². The summed E-state index contributed by atoms with van der Waals surface area (Å²) in [6.07, 6.45) is 0. The second kappa shape index (κ2) is 13.1. The molecule has 0 N–H and O–H groups in total. The molecule has 11 rings (SSSR count). The third kappa shape index (κ3) is 5.31. The van der Waals surface area contributed by atoms with E-state index in [0.717, 1.165) is 55.6 Å². The summed E-state index contributed by atoms with van der Waals surface area (Å²) in [6.45, 7) is 0. The van der Waals surface area contributed by atoms with Crippen LogP contribution in [-0.2, 0) is 0 Å². The highest BCUT2D eigenvalue weighted by atomic mass is 16.3. The second-order valence-corrected chi connectivity index (χ2v) is 14.2. The summed E-state index contributed by atoms with van der Waals surface area (Å²) in [5.41, 5.74) is 14.7. The predicted octanol–water partition coefficient (Wildman–Crippen LogP) is 13.8. The van der Waals surface area contributed by atoms with Gasteiger partial charge in [0, 0.05) is 33.0 Å². The van der Waals surface area contributed by atoms with Crippen LogP contribution in [0.3, 0.4) is 0 Å². The van der Waals surface area contributed by atoms with Crippen LogP contribution in [0.5, 0.6) is 0 Å². The Kier molecular flexibility index (Phi) is 7.46. The first-order valence-electron chi connectivity index (χ1n) is 18.9. The van der Waals surface area contributed by atoms with E-state index in [1.54, 1.807) is 0 Å².